The topological polar surface area (TPSA) is 42.9 Å². The number of hydrogen-bond donors (Lipinski definition) is 0. The van der Waals surface area contributed by atoms with Crippen LogP contribution < -0.4 is 0 Å². The van der Waals surface area contributed by atoms with E-state index in [1.54, 1.807) is 0 Å². The zero-order valence-corrected chi connectivity index (χ0v) is 21.5. The van der Waals surface area contributed by atoms with Crippen molar-refractivity contribution in [2.24, 2.45) is 11.8 Å². The van der Waals surface area contributed by atoms with Crippen molar-refractivity contribution in [3.8, 4) is 22.3 Å². The van der Waals surface area contributed by atoms with Crippen LogP contribution in [0.25, 0.3) is 22.3 Å². The van der Waals surface area contributed by atoms with Crippen molar-refractivity contribution in [1.29, 1.82) is 0 Å². The van der Waals surface area contributed by atoms with E-state index in [1.807, 2.05) is 42.9 Å². The SMILES string of the molecule is CC1CCC(CC(=O)Cc2ccc(-c3cncc(-c4ccnc(C(C)(C)C)c4)c3)c(Cl)c2)CC1. The lowest BCUT2D eigenvalue weighted by atomic mass is 9.80. The van der Waals surface area contributed by atoms with Gasteiger partial charge in [0.1, 0.15) is 5.78 Å². The van der Waals surface area contributed by atoms with Crippen molar-refractivity contribution < 1.29 is 4.79 Å². The molecule has 0 N–H and O–H groups in total. The molecule has 0 radical (unpaired) electrons. The molecule has 1 aromatic carbocycles. The van der Waals surface area contributed by atoms with E-state index < -0.39 is 0 Å². The molecule has 1 saturated carbocycles. The van der Waals surface area contributed by atoms with E-state index in [4.69, 9.17) is 11.6 Å². The zero-order chi connectivity index (χ0) is 24.3. The van der Waals surface area contributed by atoms with Crippen LogP contribution in [0.4, 0.5) is 0 Å². The second-order valence-corrected chi connectivity index (χ2v) is 11.4. The molecule has 0 bridgehead atoms. The third-order valence-corrected chi connectivity index (χ3v) is 7.31. The predicted octanol–water partition coefficient (Wildman–Crippen LogP) is 8.09. The van der Waals surface area contributed by atoms with Crippen LogP contribution in [0.1, 0.15) is 71.1 Å². The Morgan fingerprint density at radius 2 is 1.71 bits per heavy atom. The summed E-state index contributed by atoms with van der Waals surface area (Å²) < 4.78 is 0. The number of rotatable bonds is 6. The summed E-state index contributed by atoms with van der Waals surface area (Å²) in [6.45, 7) is 8.80. The minimum absolute atomic E-state index is 0.0208. The molecule has 4 heteroatoms. The second-order valence-electron chi connectivity index (χ2n) is 11.0. The lowest BCUT2D eigenvalue weighted by Gasteiger charge is -2.25. The molecule has 0 atom stereocenters. The average molecular weight is 475 g/mol. The van der Waals surface area contributed by atoms with Crippen LogP contribution in [-0.4, -0.2) is 15.8 Å². The van der Waals surface area contributed by atoms with Gasteiger partial charge in [-0.3, -0.25) is 14.8 Å². The van der Waals surface area contributed by atoms with Gasteiger partial charge >= 0.3 is 0 Å². The maximum atomic E-state index is 12.7. The van der Waals surface area contributed by atoms with Gasteiger partial charge in [-0.25, -0.2) is 0 Å². The first kappa shape index (κ1) is 24.6. The number of hydrogen-bond acceptors (Lipinski definition) is 3. The summed E-state index contributed by atoms with van der Waals surface area (Å²) in [7, 11) is 0. The number of nitrogens with zero attached hydrogens (tertiary/aromatic N) is 2. The van der Waals surface area contributed by atoms with E-state index in [9.17, 15) is 4.79 Å². The molecule has 0 amide bonds. The van der Waals surface area contributed by atoms with Crippen molar-refractivity contribution >= 4 is 17.4 Å². The number of ketones is 1. The van der Waals surface area contributed by atoms with Crippen LogP contribution in [0.3, 0.4) is 0 Å². The number of halogens is 1. The minimum atomic E-state index is -0.0208. The normalized spacial score (nSPS) is 18.6. The number of carbonyl (C=O) groups is 1. The second kappa shape index (κ2) is 10.4. The monoisotopic (exact) mass is 474 g/mol. The van der Waals surface area contributed by atoms with Crippen molar-refractivity contribution in [3.05, 3.63) is 71.3 Å². The molecule has 34 heavy (non-hydrogen) atoms. The Morgan fingerprint density at radius 3 is 2.41 bits per heavy atom. The molecule has 3 aromatic rings. The molecule has 0 unspecified atom stereocenters. The van der Waals surface area contributed by atoms with Gasteiger partial charge in [-0.05, 0) is 60.1 Å². The Labute approximate surface area is 209 Å². The van der Waals surface area contributed by atoms with E-state index >= 15 is 0 Å². The maximum Gasteiger partial charge on any atom is 0.137 e. The fraction of sp³-hybridized carbons (Fsp3) is 0.433. The highest BCUT2D eigenvalue weighted by atomic mass is 35.5. The van der Waals surface area contributed by atoms with Crippen LogP contribution in [0.2, 0.25) is 5.02 Å². The molecular formula is C30H35ClN2O. The molecule has 4 rings (SSSR count). The minimum Gasteiger partial charge on any atom is -0.299 e. The number of pyridine rings is 2. The summed E-state index contributed by atoms with van der Waals surface area (Å²) in [6.07, 6.45) is 11.6. The Bertz CT molecular complexity index is 1160. The van der Waals surface area contributed by atoms with Crippen LogP contribution in [0.15, 0.2) is 55.0 Å². The molecule has 0 aliphatic heterocycles. The highest BCUT2D eigenvalue weighted by Gasteiger charge is 2.21. The van der Waals surface area contributed by atoms with Crippen molar-refractivity contribution in [1.82, 2.24) is 9.97 Å². The molecule has 3 nitrogen and oxygen atoms in total. The standard InChI is InChI=1S/C30H35ClN2O/c1-20-5-7-21(8-6-20)13-26(34)14-22-9-10-27(28(31)15-22)25-16-24(18-32-19-25)23-11-12-33-29(17-23)30(2,3)4/h9-12,15-21H,5-8,13-14H2,1-4H3. The largest absolute Gasteiger partial charge is 0.299 e. The zero-order valence-electron chi connectivity index (χ0n) is 20.8. The third-order valence-electron chi connectivity index (χ3n) is 7.00. The fourth-order valence-electron chi connectivity index (χ4n) is 4.82. The number of Topliss-reactive ketones (excluding diaryl/α,β-unsaturated/α-hetero) is 1. The van der Waals surface area contributed by atoms with Gasteiger partial charge < -0.3 is 0 Å². The van der Waals surface area contributed by atoms with Crippen LogP contribution in [0, 0.1) is 11.8 Å². The predicted molar refractivity (Wildman–Crippen MR) is 141 cm³/mol. The van der Waals surface area contributed by atoms with Gasteiger partial charge in [0, 0.05) is 64.3 Å². The summed E-state index contributed by atoms with van der Waals surface area (Å²) in [4.78, 5) is 21.7. The molecule has 2 heterocycles. The van der Waals surface area contributed by atoms with Crippen molar-refractivity contribution in [2.45, 2.75) is 71.6 Å². The molecule has 0 saturated heterocycles. The summed E-state index contributed by atoms with van der Waals surface area (Å²) >= 11 is 6.69. The molecule has 178 valence electrons. The number of aromatic nitrogens is 2. The molecule has 1 aliphatic rings. The Kier molecular flexibility index (Phi) is 7.52. The summed E-state index contributed by atoms with van der Waals surface area (Å²) in [5.41, 5.74) is 6.02. The smallest absolute Gasteiger partial charge is 0.137 e. The fourth-order valence-corrected chi connectivity index (χ4v) is 5.14. The molecule has 2 aromatic heterocycles. The average Bonchev–Trinajstić information content (AvgIpc) is 2.80. The first-order valence-corrected chi connectivity index (χ1v) is 12.8. The summed E-state index contributed by atoms with van der Waals surface area (Å²) in [5.74, 6) is 1.68. The van der Waals surface area contributed by atoms with Crippen LogP contribution in [0.5, 0.6) is 0 Å². The molecule has 1 fully saturated rings. The van der Waals surface area contributed by atoms with Gasteiger partial charge in [-0.15, -0.1) is 0 Å². The van der Waals surface area contributed by atoms with E-state index in [0.29, 0.717) is 29.6 Å². The van der Waals surface area contributed by atoms with E-state index in [0.717, 1.165) is 39.4 Å². The number of carbonyl (C=O) groups excluding carboxylic acids is 1. The molecule has 1 aliphatic carbocycles. The van der Waals surface area contributed by atoms with E-state index in [2.05, 4.69) is 49.8 Å². The van der Waals surface area contributed by atoms with Gasteiger partial charge in [0.05, 0.1) is 0 Å². The Morgan fingerprint density at radius 1 is 0.971 bits per heavy atom. The Balaban J connectivity index is 1.49. The first-order valence-electron chi connectivity index (χ1n) is 12.4. The highest BCUT2D eigenvalue weighted by molar-refractivity contribution is 6.33. The highest BCUT2D eigenvalue weighted by Crippen LogP contribution is 2.33. The van der Waals surface area contributed by atoms with Gasteiger partial charge in [-0.2, -0.15) is 0 Å². The van der Waals surface area contributed by atoms with E-state index in [1.165, 1.54) is 25.7 Å². The van der Waals surface area contributed by atoms with Crippen LogP contribution in [-0.2, 0) is 16.6 Å². The van der Waals surface area contributed by atoms with Crippen molar-refractivity contribution in [2.75, 3.05) is 0 Å². The van der Waals surface area contributed by atoms with Gasteiger partial charge in [0.25, 0.3) is 0 Å². The molecule has 0 spiro atoms. The molecular weight excluding hydrogens is 440 g/mol. The number of benzene rings is 1. The third kappa shape index (κ3) is 6.13. The van der Waals surface area contributed by atoms with E-state index in [-0.39, 0.29) is 5.41 Å². The van der Waals surface area contributed by atoms with Gasteiger partial charge in [0.15, 0.2) is 0 Å². The van der Waals surface area contributed by atoms with Crippen LogP contribution >= 0.6 is 11.6 Å². The Hall–Kier alpha value is -2.52. The maximum absolute atomic E-state index is 12.7. The lowest BCUT2D eigenvalue weighted by Crippen LogP contribution is -2.17. The summed E-state index contributed by atoms with van der Waals surface area (Å²) in [6, 6.07) is 12.2. The van der Waals surface area contributed by atoms with Crippen molar-refractivity contribution in [3.63, 3.8) is 0 Å². The first-order chi connectivity index (χ1) is 16.2. The lowest BCUT2D eigenvalue weighted by molar-refractivity contribution is -0.119. The van der Waals surface area contributed by atoms with Gasteiger partial charge in [0.2, 0.25) is 0 Å². The summed E-state index contributed by atoms with van der Waals surface area (Å²) in [5, 5.41) is 0.654. The van der Waals surface area contributed by atoms with Gasteiger partial charge in [-0.1, -0.05) is 64.3 Å². The quantitative estimate of drug-likeness (QED) is 0.362.